The Morgan fingerprint density at radius 3 is 2.64 bits per heavy atom. The lowest BCUT2D eigenvalue weighted by Gasteiger charge is -2.17. The van der Waals surface area contributed by atoms with E-state index in [4.69, 9.17) is 0 Å². The number of aromatic amines is 1. The maximum atomic E-state index is 13.5. The van der Waals surface area contributed by atoms with Gasteiger partial charge in [-0.2, -0.15) is 0 Å². The minimum atomic E-state index is -0.148. The van der Waals surface area contributed by atoms with Gasteiger partial charge in [-0.1, -0.05) is 31.2 Å². The van der Waals surface area contributed by atoms with E-state index in [0.717, 1.165) is 32.9 Å². The first-order chi connectivity index (χ1) is 15.8. The van der Waals surface area contributed by atoms with Crippen molar-refractivity contribution in [2.75, 3.05) is 37.4 Å². The number of amides is 2. The number of rotatable bonds is 4. The van der Waals surface area contributed by atoms with Crippen molar-refractivity contribution in [1.82, 2.24) is 9.88 Å². The molecule has 4 aromatic rings. The molecule has 1 atom stereocenters. The fourth-order valence-electron chi connectivity index (χ4n) is 4.72. The van der Waals surface area contributed by atoms with Crippen molar-refractivity contribution in [1.29, 1.82) is 0 Å². The van der Waals surface area contributed by atoms with Gasteiger partial charge >= 0.3 is 0 Å². The molecule has 0 radical (unpaired) electrons. The number of hydrogen-bond donors (Lipinski definition) is 3. The smallest absolute Gasteiger partial charge is 0.274 e. The third-order valence-electron chi connectivity index (χ3n) is 6.12. The summed E-state index contributed by atoms with van der Waals surface area (Å²) in [6.07, 6.45) is 0. The van der Waals surface area contributed by atoms with Crippen LogP contribution in [0.1, 0.15) is 28.9 Å². The minimum absolute atomic E-state index is 0.0964. The van der Waals surface area contributed by atoms with Crippen LogP contribution in [0.2, 0.25) is 0 Å². The molecule has 1 aromatic heterocycles. The summed E-state index contributed by atoms with van der Waals surface area (Å²) in [5.74, 6) is 0.0777. The number of aromatic nitrogens is 1. The van der Waals surface area contributed by atoms with Crippen molar-refractivity contribution < 1.29 is 14.7 Å². The van der Waals surface area contributed by atoms with E-state index in [1.807, 2.05) is 62.6 Å². The van der Waals surface area contributed by atoms with Gasteiger partial charge in [0.15, 0.2) is 0 Å². The lowest BCUT2D eigenvalue weighted by molar-refractivity contribution is -0.116. The Kier molecular flexibility index (Phi) is 5.06. The van der Waals surface area contributed by atoms with E-state index in [9.17, 15) is 14.7 Å². The molecule has 0 aliphatic carbocycles. The lowest BCUT2D eigenvalue weighted by Crippen LogP contribution is -2.29. The Balaban J connectivity index is 1.47. The van der Waals surface area contributed by atoms with Crippen LogP contribution < -0.4 is 10.2 Å². The fourth-order valence-corrected chi connectivity index (χ4v) is 4.72. The number of carbonyl (C=O) groups is 2. The predicted molar refractivity (Wildman–Crippen MR) is 131 cm³/mol. The van der Waals surface area contributed by atoms with E-state index in [0.29, 0.717) is 24.5 Å². The number of likely N-dealkylation sites (N-methyl/N-ethyl adjacent to an activating group) is 1. The highest BCUT2D eigenvalue weighted by molar-refractivity contribution is 6.11. The Hall–Kier alpha value is -3.84. The maximum Gasteiger partial charge on any atom is 0.274 e. The largest absolute Gasteiger partial charge is 0.507 e. The molecule has 3 N–H and O–H groups in total. The van der Waals surface area contributed by atoms with Crippen molar-refractivity contribution in [3.8, 4) is 5.75 Å². The normalized spacial score (nSPS) is 15.4. The van der Waals surface area contributed by atoms with E-state index in [1.165, 1.54) is 0 Å². The Morgan fingerprint density at radius 1 is 1.12 bits per heavy atom. The summed E-state index contributed by atoms with van der Waals surface area (Å²) in [4.78, 5) is 32.3. The summed E-state index contributed by atoms with van der Waals surface area (Å²) in [5, 5.41) is 16.1. The second-order valence-corrected chi connectivity index (χ2v) is 8.96. The predicted octanol–water partition coefficient (Wildman–Crippen LogP) is 4.29. The van der Waals surface area contributed by atoms with Crippen molar-refractivity contribution in [3.63, 3.8) is 0 Å². The molecule has 0 fully saturated rings. The van der Waals surface area contributed by atoms with Gasteiger partial charge in [0.05, 0.1) is 12.2 Å². The van der Waals surface area contributed by atoms with E-state index < -0.39 is 0 Å². The monoisotopic (exact) mass is 442 g/mol. The van der Waals surface area contributed by atoms with Gasteiger partial charge in [-0.15, -0.1) is 0 Å². The first-order valence-corrected chi connectivity index (χ1v) is 11.0. The zero-order valence-electron chi connectivity index (χ0n) is 18.8. The minimum Gasteiger partial charge on any atom is -0.507 e. The summed E-state index contributed by atoms with van der Waals surface area (Å²) in [7, 11) is 3.68. The second kappa shape index (κ2) is 7.94. The molecule has 2 amide bonds. The van der Waals surface area contributed by atoms with Crippen molar-refractivity contribution >= 4 is 44.9 Å². The van der Waals surface area contributed by atoms with Crippen LogP contribution in [0, 0.1) is 0 Å². The zero-order valence-corrected chi connectivity index (χ0v) is 18.8. The van der Waals surface area contributed by atoms with Gasteiger partial charge in [0.2, 0.25) is 5.91 Å². The number of phenolic OH excluding ortho intramolecular Hbond substituents is 1. The molecule has 33 heavy (non-hydrogen) atoms. The number of nitrogens with one attached hydrogen (secondary N) is 2. The van der Waals surface area contributed by atoms with Crippen LogP contribution in [0.15, 0.2) is 54.6 Å². The van der Waals surface area contributed by atoms with Crippen molar-refractivity contribution in [2.45, 2.75) is 12.8 Å². The number of H-pyrrole nitrogens is 1. The molecule has 0 saturated carbocycles. The maximum absolute atomic E-state index is 13.5. The van der Waals surface area contributed by atoms with Crippen LogP contribution in [0.5, 0.6) is 5.75 Å². The molecule has 168 valence electrons. The number of phenols is 1. The molecule has 5 rings (SSSR count). The quantitative estimate of drug-likeness (QED) is 0.440. The molecule has 1 aliphatic rings. The molecule has 1 aliphatic heterocycles. The SMILES string of the molecule is C[C@@H]1CN(C(=O)c2cc3cc(NC(=O)CN(C)C)ccc3[nH]2)c2cc(O)c3ccccc3c21. The van der Waals surface area contributed by atoms with E-state index in [2.05, 4.69) is 17.2 Å². The van der Waals surface area contributed by atoms with Crippen molar-refractivity contribution in [3.05, 3.63) is 65.9 Å². The molecule has 7 heteroatoms. The van der Waals surface area contributed by atoms with E-state index in [1.54, 1.807) is 15.9 Å². The first kappa shape index (κ1) is 21.0. The van der Waals surface area contributed by atoms with Gasteiger partial charge < -0.3 is 25.2 Å². The summed E-state index contributed by atoms with van der Waals surface area (Å²) >= 11 is 0. The Morgan fingerprint density at radius 2 is 1.88 bits per heavy atom. The highest BCUT2D eigenvalue weighted by Crippen LogP contribution is 2.45. The standard InChI is InChI=1S/C26H26N4O3/c1-15-13-30(22-12-23(31)18-6-4-5-7-19(18)25(15)22)26(33)21-11-16-10-17(8-9-20(16)28-21)27-24(32)14-29(2)3/h4-12,15,28,31H,13-14H2,1-3H3,(H,27,32)/t15-/m1/s1. The van der Waals surface area contributed by atoms with E-state index in [-0.39, 0.29) is 23.5 Å². The first-order valence-electron chi connectivity index (χ1n) is 11.0. The van der Waals surface area contributed by atoms with Crippen LogP contribution in [-0.4, -0.2) is 54.0 Å². The van der Waals surface area contributed by atoms with Gasteiger partial charge in [-0.25, -0.2) is 0 Å². The summed E-state index contributed by atoms with van der Waals surface area (Å²) in [5.41, 5.74) is 3.80. The molecule has 0 saturated heterocycles. The molecule has 7 nitrogen and oxygen atoms in total. The zero-order chi connectivity index (χ0) is 23.3. The Bertz CT molecular complexity index is 1410. The number of nitrogens with zero attached hydrogens (tertiary/aromatic N) is 2. The number of carbonyl (C=O) groups excluding carboxylic acids is 2. The van der Waals surface area contributed by atoms with Crippen LogP contribution in [0.3, 0.4) is 0 Å². The Labute approximate surface area is 191 Å². The number of anilines is 2. The molecule has 3 aromatic carbocycles. The molecule has 0 bridgehead atoms. The van der Waals surface area contributed by atoms with Gasteiger partial charge in [0, 0.05) is 40.5 Å². The van der Waals surface area contributed by atoms with Crippen molar-refractivity contribution in [2.24, 2.45) is 0 Å². The molecule has 2 heterocycles. The van der Waals surface area contributed by atoms with Crippen LogP contribution in [0.25, 0.3) is 21.7 Å². The highest BCUT2D eigenvalue weighted by atomic mass is 16.3. The third-order valence-corrected chi connectivity index (χ3v) is 6.12. The summed E-state index contributed by atoms with van der Waals surface area (Å²) in [6.45, 7) is 2.94. The van der Waals surface area contributed by atoms with Gasteiger partial charge in [-0.05, 0) is 49.3 Å². The number of hydrogen-bond acceptors (Lipinski definition) is 4. The average molecular weight is 443 g/mol. The number of benzene rings is 3. The van der Waals surface area contributed by atoms with Crippen LogP contribution in [-0.2, 0) is 4.79 Å². The summed E-state index contributed by atoms with van der Waals surface area (Å²) < 4.78 is 0. The molecular weight excluding hydrogens is 416 g/mol. The van der Waals surface area contributed by atoms with Crippen LogP contribution >= 0.6 is 0 Å². The second-order valence-electron chi connectivity index (χ2n) is 8.96. The third kappa shape index (κ3) is 3.70. The number of aromatic hydroxyl groups is 1. The van der Waals surface area contributed by atoms with Crippen LogP contribution in [0.4, 0.5) is 11.4 Å². The van der Waals surface area contributed by atoms with E-state index >= 15 is 0 Å². The molecule has 0 spiro atoms. The lowest BCUT2D eigenvalue weighted by atomic mass is 9.95. The molecule has 0 unspecified atom stereocenters. The van der Waals surface area contributed by atoms with Gasteiger partial charge in [0.1, 0.15) is 11.4 Å². The summed E-state index contributed by atoms with van der Waals surface area (Å²) in [6, 6.07) is 16.8. The molecular formula is C26H26N4O3. The van der Waals surface area contributed by atoms with Gasteiger partial charge in [-0.3, -0.25) is 9.59 Å². The average Bonchev–Trinajstić information content (AvgIpc) is 3.33. The topological polar surface area (TPSA) is 88.7 Å². The highest BCUT2D eigenvalue weighted by Gasteiger charge is 2.33. The fraction of sp³-hybridized carbons (Fsp3) is 0.231. The van der Waals surface area contributed by atoms with Gasteiger partial charge in [0.25, 0.3) is 5.91 Å². The number of fused-ring (bicyclic) bond motifs is 4.